The molecule has 0 aliphatic heterocycles. The molecule has 0 aliphatic rings. The predicted octanol–water partition coefficient (Wildman–Crippen LogP) is 12.4. The molecule has 6 aromatic rings. The topological polar surface area (TPSA) is 71.1 Å². The Bertz CT molecular complexity index is 2310. The van der Waals surface area contributed by atoms with Crippen LogP contribution in [0.2, 0.25) is 0 Å². The van der Waals surface area contributed by atoms with Crippen LogP contribution < -0.4 is 9.47 Å². The van der Waals surface area contributed by atoms with Crippen molar-refractivity contribution in [2.24, 2.45) is 0 Å². The van der Waals surface area contributed by atoms with Crippen LogP contribution in [0.3, 0.4) is 0 Å². The Balaban J connectivity index is 1.57. The minimum Gasteiger partial charge on any atom is -0.482 e. The van der Waals surface area contributed by atoms with E-state index in [-0.39, 0.29) is 25.0 Å². The third kappa shape index (κ3) is 10.2. The van der Waals surface area contributed by atoms with Crippen molar-refractivity contribution < 1.29 is 28.5 Å². The number of methoxy groups -OCH3 is 2. The highest BCUT2D eigenvalue weighted by Crippen LogP contribution is 2.43. The highest BCUT2D eigenvalue weighted by atomic mass is 16.6. The van der Waals surface area contributed by atoms with E-state index in [1.165, 1.54) is 81.0 Å². The highest BCUT2D eigenvalue weighted by molar-refractivity contribution is 5.71. The smallest absolute Gasteiger partial charge is 0.343 e. The molecule has 0 aromatic heterocycles. The number of esters is 2. The number of carbonyl (C=O) groups is 2. The molecule has 6 aromatic carbocycles. The van der Waals surface area contributed by atoms with E-state index >= 15 is 0 Å². The van der Waals surface area contributed by atoms with E-state index < -0.39 is 11.9 Å². The van der Waals surface area contributed by atoms with Gasteiger partial charge in [0.05, 0.1) is 14.2 Å². The predicted molar refractivity (Wildman–Crippen MR) is 255 cm³/mol. The molecule has 63 heavy (non-hydrogen) atoms. The quantitative estimate of drug-likeness (QED) is 0.0803. The second kappa shape index (κ2) is 19.5. The van der Waals surface area contributed by atoms with Gasteiger partial charge < -0.3 is 18.9 Å². The normalized spacial score (nSPS) is 11.3. The Morgan fingerprint density at radius 2 is 0.651 bits per heavy atom. The molecule has 0 bridgehead atoms. The average Bonchev–Trinajstić information content (AvgIpc) is 3.24. The van der Waals surface area contributed by atoms with E-state index in [2.05, 4.69) is 156 Å². The first-order valence-corrected chi connectivity index (χ1v) is 21.9. The fourth-order valence-electron chi connectivity index (χ4n) is 8.80. The standard InChI is InChI=1S/C57H64O6/c1-32-19-46(20-33(2)40(32)9)56(47-21-34(3)41(10)35(4)22-47)50-28-44(15-17-52(50)62-30-54(58)60-13)27-45-16-18-53(63-31-55(59)61-14)51(29-45)57(48-23-36(5)42(11)37(6)24-48)49-25-38(7)43(12)39(8)26-49/h15-26,28-29,56-57H,27,30-31H2,1-14H3. The molecule has 0 aliphatic carbocycles. The van der Waals surface area contributed by atoms with Gasteiger partial charge >= 0.3 is 11.9 Å². The van der Waals surface area contributed by atoms with Gasteiger partial charge in [-0.25, -0.2) is 9.59 Å². The minimum atomic E-state index is -0.444. The van der Waals surface area contributed by atoms with Crippen molar-refractivity contribution in [2.45, 2.75) is 101 Å². The van der Waals surface area contributed by atoms with E-state index in [1.54, 1.807) is 0 Å². The monoisotopic (exact) mass is 844 g/mol. The Morgan fingerprint density at radius 1 is 0.397 bits per heavy atom. The van der Waals surface area contributed by atoms with E-state index in [4.69, 9.17) is 18.9 Å². The number of benzene rings is 6. The van der Waals surface area contributed by atoms with Gasteiger partial charge in [-0.15, -0.1) is 0 Å². The Hall–Kier alpha value is -6.14. The summed E-state index contributed by atoms with van der Waals surface area (Å²) in [5.41, 5.74) is 23.6. The number of hydrogen-bond donors (Lipinski definition) is 0. The number of rotatable bonds is 14. The van der Waals surface area contributed by atoms with Crippen LogP contribution in [0.5, 0.6) is 11.5 Å². The molecular weight excluding hydrogens is 781 g/mol. The van der Waals surface area contributed by atoms with Crippen LogP contribution in [0.25, 0.3) is 0 Å². The maximum Gasteiger partial charge on any atom is 0.343 e. The van der Waals surface area contributed by atoms with Gasteiger partial charge in [0.1, 0.15) is 11.5 Å². The molecule has 6 rings (SSSR count). The van der Waals surface area contributed by atoms with Crippen LogP contribution in [0.4, 0.5) is 0 Å². The summed E-state index contributed by atoms with van der Waals surface area (Å²) in [4.78, 5) is 25.0. The number of aryl methyl sites for hydroxylation is 8. The van der Waals surface area contributed by atoms with E-state index in [0.717, 1.165) is 44.5 Å². The second-order valence-corrected chi connectivity index (χ2v) is 17.6. The largest absolute Gasteiger partial charge is 0.482 e. The lowest BCUT2D eigenvalue weighted by molar-refractivity contribution is -0.143. The maximum atomic E-state index is 12.5. The van der Waals surface area contributed by atoms with E-state index in [9.17, 15) is 9.59 Å². The van der Waals surface area contributed by atoms with Crippen LogP contribution >= 0.6 is 0 Å². The summed E-state index contributed by atoms with van der Waals surface area (Å²) in [6.45, 7) is 25.6. The fraction of sp³-hybridized carbons (Fsp3) is 0.333. The summed E-state index contributed by atoms with van der Waals surface area (Å²) < 4.78 is 22.7. The summed E-state index contributed by atoms with van der Waals surface area (Å²) in [6, 6.07) is 31.0. The molecule has 0 saturated carbocycles. The number of hydrogen-bond acceptors (Lipinski definition) is 6. The molecule has 6 nitrogen and oxygen atoms in total. The molecule has 0 saturated heterocycles. The van der Waals surface area contributed by atoms with Crippen LogP contribution in [-0.2, 0) is 25.5 Å². The number of ether oxygens (including phenoxy) is 4. The minimum absolute atomic E-state index is 0.191. The molecule has 6 heteroatoms. The molecule has 328 valence electrons. The molecule has 0 N–H and O–H groups in total. The van der Waals surface area contributed by atoms with Crippen LogP contribution in [0.1, 0.15) is 123 Å². The van der Waals surface area contributed by atoms with Crippen molar-refractivity contribution in [3.05, 3.63) is 196 Å². The first-order valence-electron chi connectivity index (χ1n) is 21.9. The van der Waals surface area contributed by atoms with Crippen molar-refractivity contribution >= 4 is 11.9 Å². The lowest BCUT2D eigenvalue weighted by atomic mass is 9.79. The zero-order valence-electron chi connectivity index (χ0n) is 39.8. The molecule has 0 fully saturated rings. The van der Waals surface area contributed by atoms with Crippen molar-refractivity contribution in [2.75, 3.05) is 27.4 Å². The lowest BCUT2D eigenvalue weighted by Gasteiger charge is -2.26. The lowest BCUT2D eigenvalue weighted by Crippen LogP contribution is -2.15. The maximum absolute atomic E-state index is 12.5. The van der Waals surface area contributed by atoms with Gasteiger partial charge in [-0.05, 0) is 202 Å². The van der Waals surface area contributed by atoms with Gasteiger partial charge in [0.2, 0.25) is 0 Å². The summed E-state index contributed by atoms with van der Waals surface area (Å²) in [7, 11) is 2.75. The van der Waals surface area contributed by atoms with Crippen LogP contribution in [0.15, 0.2) is 84.9 Å². The van der Waals surface area contributed by atoms with Crippen molar-refractivity contribution in [3.63, 3.8) is 0 Å². The molecule has 0 amide bonds. The molecule has 0 heterocycles. The summed E-state index contributed by atoms with van der Waals surface area (Å²) in [6.07, 6.45) is 0.601. The Labute approximate surface area is 375 Å². The first-order chi connectivity index (χ1) is 29.9. The zero-order valence-corrected chi connectivity index (χ0v) is 39.8. The average molecular weight is 845 g/mol. The SMILES string of the molecule is COC(=O)COc1ccc(Cc2ccc(OCC(=O)OC)c(C(c3cc(C)c(C)c(C)c3)c3cc(C)c(C)c(C)c3)c2)cc1C(c1cc(C)c(C)c(C)c1)c1cc(C)c(C)c(C)c1. The van der Waals surface area contributed by atoms with Gasteiger partial charge in [0.15, 0.2) is 13.2 Å². The van der Waals surface area contributed by atoms with Crippen molar-refractivity contribution in [1.29, 1.82) is 0 Å². The summed E-state index contributed by atoms with van der Waals surface area (Å²) in [5, 5.41) is 0. The molecule has 0 atom stereocenters. The van der Waals surface area contributed by atoms with Gasteiger partial charge in [0, 0.05) is 23.0 Å². The summed E-state index contributed by atoms with van der Waals surface area (Å²) in [5.74, 6) is -0.0143. The fourth-order valence-corrected chi connectivity index (χ4v) is 8.80. The van der Waals surface area contributed by atoms with E-state index in [0.29, 0.717) is 17.9 Å². The molecule has 0 spiro atoms. The molecule has 0 unspecified atom stereocenters. The highest BCUT2D eigenvalue weighted by Gasteiger charge is 2.27. The van der Waals surface area contributed by atoms with Gasteiger partial charge in [-0.3, -0.25) is 0 Å². The zero-order chi connectivity index (χ0) is 45.9. The second-order valence-electron chi connectivity index (χ2n) is 17.6. The third-order valence-corrected chi connectivity index (χ3v) is 13.5. The number of carbonyl (C=O) groups excluding carboxylic acids is 2. The van der Waals surface area contributed by atoms with Gasteiger partial charge in [-0.1, -0.05) is 72.8 Å². The summed E-state index contributed by atoms with van der Waals surface area (Å²) >= 11 is 0. The Morgan fingerprint density at radius 3 is 0.889 bits per heavy atom. The van der Waals surface area contributed by atoms with Crippen LogP contribution in [0, 0.1) is 83.1 Å². The molecular formula is C57H64O6. The third-order valence-electron chi connectivity index (χ3n) is 13.5. The first kappa shape index (κ1) is 46.4. The van der Waals surface area contributed by atoms with E-state index in [1.807, 2.05) is 12.1 Å². The Kier molecular flexibility index (Phi) is 14.3. The molecule has 0 radical (unpaired) electrons. The van der Waals surface area contributed by atoms with Gasteiger partial charge in [-0.2, -0.15) is 0 Å². The van der Waals surface area contributed by atoms with Crippen molar-refractivity contribution in [3.8, 4) is 11.5 Å². The van der Waals surface area contributed by atoms with Gasteiger partial charge in [0.25, 0.3) is 0 Å². The van der Waals surface area contributed by atoms with Crippen molar-refractivity contribution in [1.82, 2.24) is 0 Å². The van der Waals surface area contributed by atoms with Crippen LogP contribution in [-0.4, -0.2) is 39.4 Å².